The second-order valence-electron chi connectivity index (χ2n) is 3.74. The topological polar surface area (TPSA) is 76.2 Å². The largest absolute Gasteiger partial charge is 0.478 e. The maximum Gasteiger partial charge on any atom is 0.335 e. The number of hydrogen-bond acceptors (Lipinski definition) is 4. The highest BCUT2D eigenvalue weighted by Crippen LogP contribution is 2.24. The summed E-state index contributed by atoms with van der Waals surface area (Å²) >= 11 is 0. The number of rotatable bonds is 2. The average Bonchev–Trinajstić information content (AvgIpc) is 2.82. The van der Waals surface area contributed by atoms with Crippen molar-refractivity contribution in [3.05, 3.63) is 48.3 Å². The Morgan fingerprint density at radius 2 is 1.94 bits per heavy atom. The molecule has 3 rings (SSSR count). The molecule has 88 valence electrons. The fourth-order valence-corrected chi connectivity index (χ4v) is 1.68. The summed E-state index contributed by atoms with van der Waals surface area (Å²) in [6.07, 6.45) is 3.29. The summed E-state index contributed by atoms with van der Waals surface area (Å²) < 4.78 is 5.56. The molecule has 5 heteroatoms. The fraction of sp³-hybridized carbons (Fsp3) is 0. The number of carbonyl (C=O) groups is 1. The Morgan fingerprint density at radius 1 is 1.17 bits per heavy atom. The first-order chi connectivity index (χ1) is 8.74. The van der Waals surface area contributed by atoms with E-state index in [2.05, 4.69) is 9.97 Å². The van der Waals surface area contributed by atoms with E-state index in [1.54, 1.807) is 30.6 Å². The zero-order valence-corrected chi connectivity index (χ0v) is 9.20. The van der Waals surface area contributed by atoms with Crippen molar-refractivity contribution in [2.45, 2.75) is 0 Å². The number of nitrogens with zero attached hydrogens (tertiary/aromatic N) is 2. The standard InChI is InChI=1S/C13H8N2O3/c16-13(17)9-1-2-11-10(7-9)15-12(18-11)8-3-5-14-6-4-8/h1-7H,(H,16,17). The van der Waals surface area contributed by atoms with E-state index in [-0.39, 0.29) is 5.56 Å². The van der Waals surface area contributed by atoms with Gasteiger partial charge in [0.15, 0.2) is 5.58 Å². The van der Waals surface area contributed by atoms with Gasteiger partial charge in [0.05, 0.1) is 5.56 Å². The molecule has 0 spiro atoms. The van der Waals surface area contributed by atoms with Crippen LogP contribution in [0.5, 0.6) is 0 Å². The van der Waals surface area contributed by atoms with E-state index in [1.165, 1.54) is 12.1 Å². The molecule has 3 aromatic rings. The Bertz CT molecular complexity index is 719. The van der Waals surface area contributed by atoms with Crippen LogP contribution in [0, 0.1) is 0 Å². The van der Waals surface area contributed by atoms with Crippen LogP contribution in [0.25, 0.3) is 22.6 Å². The highest BCUT2D eigenvalue weighted by molar-refractivity contribution is 5.92. The summed E-state index contributed by atoms with van der Waals surface area (Å²) in [5, 5.41) is 8.90. The zero-order valence-electron chi connectivity index (χ0n) is 9.20. The Labute approximate surface area is 102 Å². The van der Waals surface area contributed by atoms with E-state index >= 15 is 0 Å². The summed E-state index contributed by atoms with van der Waals surface area (Å²) in [6.45, 7) is 0. The molecule has 0 radical (unpaired) electrons. The highest BCUT2D eigenvalue weighted by Gasteiger charge is 2.10. The second-order valence-corrected chi connectivity index (χ2v) is 3.74. The van der Waals surface area contributed by atoms with Crippen LogP contribution in [0.4, 0.5) is 0 Å². The molecule has 18 heavy (non-hydrogen) atoms. The molecule has 2 aromatic heterocycles. The molecular formula is C13H8N2O3. The molecule has 0 aliphatic carbocycles. The molecule has 1 aromatic carbocycles. The molecule has 0 aliphatic rings. The lowest BCUT2D eigenvalue weighted by atomic mass is 10.2. The Balaban J connectivity index is 2.14. The molecule has 0 aliphatic heterocycles. The molecule has 1 N–H and O–H groups in total. The van der Waals surface area contributed by atoms with Gasteiger partial charge in [-0.3, -0.25) is 4.98 Å². The van der Waals surface area contributed by atoms with Crippen molar-refractivity contribution in [3.8, 4) is 11.5 Å². The van der Waals surface area contributed by atoms with E-state index in [0.29, 0.717) is 17.0 Å². The van der Waals surface area contributed by atoms with Gasteiger partial charge in [0.1, 0.15) is 5.52 Å². The summed E-state index contributed by atoms with van der Waals surface area (Å²) in [5.41, 5.74) is 2.09. The summed E-state index contributed by atoms with van der Waals surface area (Å²) in [7, 11) is 0. The molecule has 0 saturated heterocycles. The number of carboxylic acids is 1. The van der Waals surface area contributed by atoms with Crippen LogP contribution in [0.2, 0.25) is 0 Å². The van der Waals surface area contributed by atoms with Gasteiger partial charge in [0.2, 0.25) is 5.89 Å². The quantitative estimate of drug-likeness (QED) is 0.745. The van der Waals surface area contributed by atoms with Gasteiger partial charge in [-0.1, -0.05) is 0 Å². The molecule has 0 saturated carbocycles. The van der Waals surface area contributed by atoms with Gasteiger partial charge >= 0.3 is 5.97 Å². The Morgan fingerprint density at radius 3 is 2.67 bits per heavy atom. The molecule has 0 fully saturated rings. The monoisotopic (exact) mass is 240 g/mol. The van der Waals surface area contributed by atoms with E-state index in [9.17, 15) is 4.79 Å². The molecular weight excluding hydrogens is 232 g/mol. The van der Waals surface area contributed by atoms with Crippen molar-refractivity contribution in [2.24, 2.45) is 0 Å². The molecule has 0 unspecified atom stereocenters. The number of benzene rings is 1. The maximum atomic E-state index is 10.9. The van der Waals surface area contributed by atoms with E-state index in [1.807, 2.05) is 0 Å². The highest BCUT2D eigenvalue weighted by atomic mass is 16.4. The van der Waals surface area contributed by atoms with Crippen LogP contribution in [0.1, 0.15) is 10.4 Å². The Hall–Kier alpha value is -2.69. The van der Waals surface area contributed by atoms with Crippen molar-refractivity contribution in [1.82, 2.24) is 9.97 Å². The van der Waals surface area contributed by atoms with E-state index < -0.39 is 5.97 Å². The third kappa shape index (κ3) is 1.71. The predicted molar refractivity (Wildman–Crippen MR) is 64.2 cm³/mol. The van der Waals surface area contributed by atoms with Gasteiger partial charge < -0.3 is 9.52 Å². The van der Waals surface area contributed by atoms with Crippen molar-refractivity contribution in [2.75, 3.05) is 0 Å². The van der Waals surface area contributed by atoms with E-state index in [4.69, 9.17) is 9.52 Å². The van der Waals surface area contributed by atoms with Gasteiger partial charge in [-0.25, -0.2) is 9.78 Å². The predicted octanol–water partition coefficient (Wildman–Crippen LogP) is 2.59. The third-order valence-corrected chi connectivity index (χ3v) is 2.56. The van der Waals surface area contributed by atoms with Crippen LogP contribution in [0.3, 0.4) is 0 Å². The number of aromatic nitrogens is 2. The van der Waals surface area contributed by atoms with Crippen LogP contribution in [-0.4, -0.2) is 21.0 Å². The molecule has 0 bridgehead atoms. The minimum Gasteiger partial charge on any atom is -0.478 e. The SMILES string of the molecule is O=C(O)c1ccc2oc(-c3ccncc3)nc2c1. The van der Waals surface area contributed by atoms with Crippen molar-refractivity contribution in [3.63, 3.8) is 0 Å². The maximum absolute atomic E-state index is 10.9. The van der Waals surface area contributed by atoms with Crippen molar-refractivity contribution >= 4 is 17.1 Å². The lowest BCUT2D eigenvalue weighted by Gasteiger charge is -1.91. The normalized spacial score (nSPS) is 10.7. The minimum atomic E-state index is -0.981. The van der Waals surface area contributed by atoms with Gasteiger partial charge in [-0.2, -0.15) is 0 Å². The lowest BCUT2D eigenvalue weighted by Crippen LogP contribution is -1.94. The molecule has 0 amide bonds. The first-order valence-corrected chi connectivity index (χ1v) is 5.28. The number of oxazole rings is 1. The zero-order chi connectivity index (χ0) is 12.5. The lowest BCUT2D eigenvalue weighted by molar-refractivity contribution is 0.0697. The van der Waals surface area contributed by atoms with Crippen molar-refractivity contribution < 1.29 is 14.3 Å². The van der Waals surface area contributed by atoms with Gasteiger partial charge in [-0.15, -0.1) is 0 Å². The third-order valence-electron chi connectivity index (χ3n) is 2.56. The van der Waals surface area contributed by atoms with Crippen LogP contribution in [-0.2, 0) is 0 Å². The summed E-state index contributed by atoms with van der Waals surface area (Å²) in [4.78, 5) is 19.0. The minimum absolute atomic E-state index is 0.192. The van der Waals surface area contributed by atoms with Crippen LogP contribution >= 0.6 is 0 Å². The number of aromatic carboxylic acids is 1. The van der Waals surface area contributed by atoms with Gasteiger partial charge in [0, 0.05) is 18.0 Å². The number of fused-ring (bicyclic) bond motifs is 1. The Kier molecular flexibility index (Phi) is 2.30. The van der Waals surface area contributed by atoms with Crippen LogP contribution in [0.15, 0.2) is 47.1 Å². The smallest absolute Gasteiger partial charge is 0.335 e. The molecule has 5 nitrogen and oxygen atoms in total. The first kappa shape index (κ1) is 10.5. The van der Waals surface area contributed by atoms with E-state index in [0.717, 1.165) is 5.56 Å². The van der Waals surface area contributed by atoms with Gasteiger partial charge in [-0.05, 0) is 30.3 Å². The summed E-state index contributed by atoms with van der Waals surface area (Å²) in [6, 6.07) is 8.15. The average molecular weight is 240 g/mol. The number of pyridine rings is 1. The van der Waals surface area contributed by atoms with Crippen molar-refractivity contribution in [1.29, 1.82) is 0 Å². The van der Waals surface area contributed by atoms with Crippen LogP contribution < -0.4 is 0 Å². The van der Waals surface area contributed by atoms with Gasteiger partial charge in [0.25, 0.3) is 0 Å². The fourth-order valence-electron chi connectivity index (χ4n) is 1.68. The first-order valence-electron chi connectivity index (χ1n) is 5.28. The molecule has 2 heterocycles. The molecule has 0 atom stereocenters. The summed E-state index contributed by atoms with van der Waals surface area (Å²) in [5.74, 6) is -0.528. The second kappa shape index (κ2) is 3.96. The number of carboxylic acid groups (broad SMARTS) is 1. The number of hydrogen-bond donors (Lipinski definition) is 1.